The van der Waals surface area contributed by atoms with Gasteiger partial charge >= 0.3 is 0 Å². The monoisotopic (exact) mass is 570 g/mol. The third-order valence-corrected chi connectivity index (χ3v) is 5.78. The third kappa shape index (κ3) is 8.75. The Morgan fingerprint density at radius 1 is 1.09 bits per heavy atom. The van der Waals surface area contributed by atoms with Crippen LogP contribution >= 0.6 is 24.0 Å². The van der Waals surface area contributed by atoms with Crippen LogP contribution in [0.4, 0.5) is 4.39 Å². The molecule has 33 heavy (non-hydrogen) atoms. The molecule has 3 rings (SSSR count). The summed E-state index contributed by atoms with van der Waals surface area (Å²) in [4.78, 5) is 4.35. The SMILES string of the molecule is CN=C(NCC(C)Oc1cccc(F)c1)NCC1(NC(C)c2ccccc2)CCOCC1.I. The van der Waals surface area contributed by atoms with Crippen LogP contribution in [-0.4, -0.2) is 51.0 Å². The van der Waals surface area contributed by atoms with E-state index >= 15 is 0 Å². The Kier molecular flexibility index (Phi) is 11.4. The summed E-state index contributed by atoms with van der Waals surface area (Å²) < 4.78 is 24.8. The quantitative estimate of drug-likeness (QED) is 0.239. The maximum Gasteiger partial charge on any atom is 0.191 e. The van der Waals surface area contributed by atoms with Crippen LogP contribution in [0.2, 0.25) is 0 Å². The summed E-state index contributed by atoms with van der Waals surface area (Å²) in [6.45, 7) is 6.88. The van der Waals surface area contributed by atoms with Crippen LogP contribution in [0.3, 0.4) is 0 Å². The molecule has 0 aromatic heterocycles. The van der Waals surface area contributed by atoms with Crippen LogP contribution in [0.5, 0.6) is 5.75 Å². The van der Waals surface area contributed by atoms with Crippen molar-refractivity contribution in [2.45, 2.75) is 44.4 Å². The standard InChI is InChI=1S/C25H35FN4O2.HI/c1-19(32-23-11-7-10-22(26)16-23)17-28-24(27-3)29-18-25(12-14-31-15-13-25)30-20(2)21-8-5-4-6-9-21;/h4-11,16,19-20,30H,12-15,17-18H2,1-3H3,(H2,27,28,29);1H. The lowest BCUT2D eigenvalue weighted by Crippen LogP contribution is -2.58. The number of aliphatic imine (C=N–C) groups is 1. The summed E-state index contributed by atoms with van der Waals surface area (Å²) in [5.74, 6) is 0.918. The molecule has 0 amide bonds. The average molecular weight is 570 g/mol. The van der Waals surface area contributed by atoms with Crippen molar-refractivity contribution < 1.29 is 13.9 Å². The average Bonchev–Trinajstić information content (AvgIpc) is 2.80. The van der Waals surface area contributed by atoms with Gasteiger partial charge in [0.15, 0.2) is 5.96 Å². The van der Waals surface area contributed by atoms with Gasteiger partial charge in [-0.3, -0.25) is 4.99 Å². The van der Waals surface area contributed by atoms with Gasteiger partial charge in [-0.25, -0.2) is 4.39 Å². The Morgan fingerprint density at radius 3 is 2.48 bits per heavy atom. The fraction of sp³-hybridized carbons (Fsp3) is 0.480. The lowest BCUT2D eigenvalue weighted by Gasteiger charge is -2.41. The molecule has 2 aromatic rings. The van der Waals surface area contributed by atoms with E-state index in [-0.39, 0.29) is 47.5 Å². The summed E-state index contributed by atoms with van der Waals surface area (Å²) >= 11 is 0. The van der Waals surface area contributed by atoms with Crippen molar-refractivity contribution in [1.29, 1.82) is 0 Å². The van der Waals surface area contributed by atoms with E-state index < -0.39 is 0 Å². The lowest BCUT2D eigenvalue weighted by atomic mass is 9.88. The molecule has 3 N–H and O–H groups in total. The van der Waals surface area contributed by atoms with Gasteiger partial charge < -0.3 is 25.4 Å². The van der Waals surface area contributed by atoms with Crippen LogP contribution in [0.1, 0.15) is 38.3 Å². The first-order valence-corrected chi connectivity index (χ1v) is 11.3. The Morgan fingerprint density at radius 2 is 1.82 bits per heavy atom. The molecule has 6 nitrogen and oxygen atoms in total. The highest BCUT2D eigenvalue weighted by atomic mass is 127. The molecule has 0 radical (unpaired) electrons. The van der Waals surface area contributed by atoms with Gasteiger partial charge in [-0.1, -0.05) is 36.4 Å². The van der Waals surface area contributed by atoms with Crippen molar-refractivity contribution in [3.8, 4) is 5.75 Å². The van der Waals surface area contributed by atoms with Crippen LogP contribution < -0.4 is 20.7 Å². The highest BCUT2D eigenvalue weighted by molar-refractivity contribution is 14.0. The van der Waals surface area contributed by atoms with E-state index in [1.165, 1.54) is 17.7 Å². The van der Waals surface area contributed by atoms with Gasteiger partial charge in [0.25, 0.3) is 0 Å². The fourth-order valence-corrected chi connectivity index (χ4v) is 3.95. The Labute approximate surface area is 213 Å². The minimum absolute atomic E-state index is 0. The second-order valence-electron chi connectivity index (χ2n) is 8.36. The van der Waals surface area contributed by atoms with Crippen LogP contribution in [0, 0.1) is 5.82 Å². The van der Waals surface area contributed by atoms with Crippen molar-refractivity contribution in [3.63, 3.8) is 0 Å². The second-order valence-corrected chi connectivity index (χ2v) is 8.36. The van der Waals surface area contributed by atoms with E-state index in [9.17, 15) is 4.39 Å². The topological polar surface area (TPSA) is 66.9 Å². The summed E-state index contributed by atoms with van der Waals surface area (Å²) in [6, 6.07) is 16.9. The van der Waals surface area contributed by atoms with Crippen molar-refractivity contribution in [1.82, 2.24) is 16.0 Å². The second kappa shape index (κ2) is 13.7. The van der Waals surface area contributed by atoms with Gasteiger partial charge in [0.2, 0.25) is 0 Å². The van der Waals surface area contributed by atoms with Crippen LogP contribution in [-0.2, 0) is 4.74 Å². The van der Waals surface area contributed by atoms with Crippen LogP contribution in [0.15, 0.2) is 59.6 Å². The Balaban J connectivity index is 0.00000385. The van der Waals surface area contributed by atoms with E-state index in [2.05, 4.69) is 52.1 Å². The van der Waals surface area contributed by atoms with Gasteiger partial charge in [-0.15, -0.1) is 24.0 Å². The molecule has 0 aliphatic carbocycles. The zero-order valence-electron chi connectivity index (χ0n) is 19.6. The number of guanidine groups is 1. The first-order chi connectivity index (χ1) is 15.5. The molecule has 1 saturated heterocycles. The molecular weight excluding hydrogens is 534 g/mol. The molecule has 2 atom stereocenters. The van der Waals surface area contributed by atoms with E-state index in [1.807, 2.05) is 13.0 Å². The number of benzene rings is 2. The minimum Gasteiger partial charge on any atom is -0.489 e. The molecule has 1 fully saturated rings. The van der Waals surface area contributed by atoms with Crippen molar-refractivity contribution in [3.05, 3.63) is 66.0 Å². The zero-order valence-corrected chi connectivity index (χ0v) is 22.0. The van der Waals surface area contributed by atoms with Crippen molar-refractivity contribution >= 4 is 29.9 Å². The third-order valence-electron chi connectivity index (χ3n) is 5.78. The number of ether oxygens (including phenoxy) is 2. The number of nitrogens with one attached hydrogen (secondary N) is 3. The summed E-state index contributed by atoms with van der Waals surface area (Å²) in [5, 5.41) is 10.6. The van der Waals surface area contributed by atoms with E-state index in [1.54, 1.807) is 19.2 Å². The van der Waals surface area contributed by atoms with Gasteiger partial charge in [0.05, 0.1) is 6.54 Å². The molecular formula is C25H36FIN4O2. The smallest absolute Gasteiger partial charge is 0.191 e. The predicted molar refractivity (Wildman–Crippen MR) is 142 cm³/mol. The predicted octanol–water partition coefficient (Wildman–Crippen LogP) is 4.28. The molecule has 1 heterocycles. The number of nitrogens with zero attached hydrogens (tertiary/aromatic N) is 1. The lowest BCUT2D eigenvalue weighted by molar-refractivity contribution is 0.0354. The van der Waals surface area contributed by atoms with Gasteiger partial charge in [-0.2, -0.15) is 0 Å². The summed E-state index contributed by atoms with van der Waals surface area (Å²) in [7, 11) is 1.75. The van der Waals surface area contributed by atoms with E-state index in [0.29, 0.717) is 18.3 Å². The molecule has 2 unspecified atom stereocenters. The highest BCUT2D eigenvalue weighted by Crippen LogP contribution is 2.25. The Hall–Kier alpha value is -1.91. The van der Waals surface area contributed by atoms with Crippen molar-refractivity contribution in [2.75, 3.05) is 33.4 Å². The number of rotatable bonds is 9. The molecule has 1 aliphatic rings. The maximum absolute atomic E-state index is 13.4. The number of halogens is 2. The number of hydrogen-bond acceptors (Lipinski definition) is 4. The molecule has 0 bridgehead atoms. The maximum atomic E-state index is 13.4. The largest absolute Gasteiger partial charge is 0.489 e. The molecule has 0 saturated carbocycles. The summed E-state index contributed by atoms with van der Waals surface area (Å²) in [5.41, 5.74) is 1.18. The van der Waals surface area contributed by atoms with E-state index in [4.69, 9.17) is 9.47 Å². The van der Waals surface area contributed by atoms with Gasteiger partial charge in [0.1, 0.15) is 17.7 Å². The first kappa shape index (κ1) is 27.3. The molecule has 1 aliphatic heterocycles. The molecule has 8 heteroatoms. The summed E-state index contributed by atoms with van der Waals surface area (Å²) in [6.07, 6.45) is 1.70. The van der Waals surface area contributed by atoms with E-state index in [0.717, 1.165) is 32.6 Å². The Bertz CT molecular complexity index is 862. The molecule has 182 valence electrons. The van der Waals surface area contributed by atoms with Gasteiger partial charge in [-0.05, 0) is 44.4 Å². The molecule has 2 aromatic carbocycles. The van der Waals surface area contributed by atoms with Crippen molar-refractivity contribution in [2.24, 2.45) is 4.99 Å². The van der Waals surface area contributed by atoms with Crippen LogP contribution in [0.25, 0.3) is 0 Å². The zero-order chi connectivity index (χ0) is 22.8. The highest BCUT2D eigenvalue weighted by Gasteiger charge is 2.34. The molecule has 0 spiro atoms. The van der Waals surface area contributed by atoms with Gasteiger partial charge in [0, 0.05) is 44.5 Å². The minimum atomic E-state index is -0.306. The number of hydrogen-bond donors (Lipinski definition) is 3. The first-order valence-electron chi connectivity index (χ1n) is 11.3. The fourth-order valence-electron chi connectivity index (χ4n) is 3.95. The normalized spacial score (nSPS) is 17.4.